The number of hydrogen-bond donors (Lipinski definition) is 2. The number of nitrogens with one attached hydrogen (secondary N) is 2. The molecule has 1 fully saturated rings. The van der Waals surface area contributed by atoms with Gasteiger partial charge in [-0.1, -0.05) is 6.07 Å². The summed E-state index contributed by atoms with van der Waals surface area (Å²) in [5, 5.41) is 3.44. The molecule has 0 unspecified atom stereocenters. The smallest absolute Gasteiger partial charge is 0.133 e. The fraction of sp³-hybridized carbons (Fsp3) is 0.429. The van der Waals surface area contributed by atoms with Gasteiger partial charge in [0.1, 0.15) is 17.7 Å². The molecule has 3 aromatic rings. The Morgan fingerprint density at radius 3 is 2.89 bits per heavy atom. The Bertz CT molecular complexity index is 946. The molecule has 0 saturated carbocycles. The van der Waals surface area contributed by atoms with Crippen molar-refractivity contribution in [3.63, 3.8) is 0 Å². The monoisotopic (exact) mass is 375 g/mol. The van der Waals surface area contributed by atoms with Crippen LogP contribution in [0, 0.1) is 6.92 Å². The Morgan fingerprint density at radius 2 is 2.07 bits per heavy atom. The first-order valence-corrected chi connectivity index (χ1v) is 10.0. The molecule has 1 saturated heterocycles. The molecule has 5 heterocycles. The molecule has 5 rings (SSSR count). The molecule has 144 valence electrons. The number of rotatable bonds is 3. The predicted molar refractivity (Wildman–Crippen MR) is 107 cm³/mol. The molecular formula is C21H25N7. The molecule has 0 amide bonds. The number of pyridine rings is 1. The van der Waals surface area contributed by atoms with Gasteiger partial charge in [0.2, 0.25) is 0 Å². The van der Waals surface area contributed by atoms with Gasteiger partial charge in [-0.05, 0) is 44.5 Å². The summed E-state index contributed by atoms with van der Waals surface area (Å²) in [6.45, 7) is 5.00. The van der Waals surface area contributed by atoms with Crippen molar-refractivity contribution in [2.45, 2.75) is 38.1 Å². The van der Waals surface area contributed by atoms with E-state index < -0.39 is 0 Å². The van der Waals surface area contributed by atoms with E-state index in [2.05, 4.69) is 37.3 Å². The van der Waals surface area contributed by atoms with Crippen molar-refractivity contribution in [1.29, 1.82) is 0 Å². The zero-order valence-electron chi connectivity index (χ0n) is 16.1. The van der Waals surface area contributed by atoms with Crippen molar-refractivity contribution < 1.29 is 0 Å². The third-order valence-corrected chi connectivity index (χ3v) is 5.82. The highest BCUT2D eigenvalue weighted by Crippen LogP contribution is 2.37. The molecule has 0 aromatic carbocycles. The first kappa shape index (κ1) is 17.3. The van der Waals surface area contributed by atoms with Crippen LogP contribution in [0.3, 0.4) is 0 Å². The Labute approximate surface area is 164 Å². The third kappa shape index (κ3) is 3.16. The molecule has 0 aliphatic carbocycles. The third-order valence-electron chi connectivity index (χ3n) is 5.82. The van der Waals surface area contributed by atoms with Crippen molar-refractivity contribution in [1.82, 2.24) is 30.2 Å². The number of piperidine rings is 1. The van der Waals surface area contributed by atoms with Crippen LogP contribution in [0.15, 0.2) is 36.9 Å². The van der Waals surface area contributed by atoms with E-state index >= 15 is 0 Å². The lowest BCUT2D eigenvalue weighted by Gasteiger charge is -2.36. The van der Waals surface area contributed by atoms with Gasteiger partial charge in [0.25, 0.3) is 0 Å². The van der Waals surface area contributed by atoms with Gasteiger partial charge in [0.05, 0.1) is 12.0 Å². The minimum absolute atomic E-state index is 0.0128. The van der Waals surface area contributed by atoms with Gasteiger partial charge in [-0.15, -0.1) is 0 Å². The number of nitrogens with zero attached hydrogens (tertiary/aromatic N) is 5. The van der Waals surface area contributed by atoms with Gasteiger partial charge in [-0.2, -0.15) is 0 Å². The van der Waals surface area contributed by atoms with Crippen LogP contribution in [-0.2, 0) is 6.42 Å². The fourth-order valence-corrected chi connectivity index (χ4v) is 4.45. The maximum absolute atomic E-state index is 4.83. The Morgan fingerprint density at radius 1 is 1.18 bits per heavy atom. The predicted octanol–water partition coefficient (Wildman–Crippen LogP) is 2.52. The van der Waals surface area contributed by atoms with Crippen LogP contribution < -0.4 is 10.2 Å². The van der Waals surface area contributed by atoms with Gasteiger partial charge < -0.3 is 15.2 Å². The Balaban J connectivity index is 1.57. The Kier molecular flexibility index (Phi) is 4.52. The summed E-state index contributed by atoms with van der Waals surface area (Å²) in [6.07, 6.45) is 8.73. The SMILES string of the molecule is Cc1nc(C2CCNCC2)cc(N2CCc3[nH]cnc3[C@H]2c2cccnc2)n1. The van der Waals surface area contributed by atoms with Gasteiger partial charge >= 0.3 is 0 Å². The first-order valence-electron chi connectivity index (χ1n) is 10.0. The van der Waals surface area contributed by atoms with E-state index in [-0.39, 0.29) is 6.04 Å². The molecule has 2 aliphatic heterocycles. The van der Waals surface area contributed by atoms with Crippen molar-refractivity contribution >= 4 is 5.82 Å². The van der Waals surface area contributed by atoms with Crippen LogP contribution in [0.4, 0.5) is 5.82 Å². The minimum atomic E-state index is 0.0128. The summed E-state index contributed by atoms with van der Waals surface area (Å²) in [7, 11) is 0. The highest BCUT2D eigenvalue weighted by Gasteiger charge is 2.32. The fourth-order valence-electron chi connectivity index (χ4n) is 4.45. The lowest BCUT2D eigenvalue weighted by Crippen LogP contribution is -2.37. The molecular weight excluding hydrogens is 350 g/mol. The second kappa shape index (κ2) is 7.31. The lowest BCUT2D eigenvalue weighted by atomic mass is 9.93. The van der Waals surface area contributed by atoms with E-state index in [0.717, 1.165) is 61.8 Å². The lowest BCUT2D eigenvalue weighted by molar-refractivity contribution is 0.452. The summed E-state index contributed by atoms with van der Waals surface area (Å²) in [5.41, 5.74) is 4.57. The molecule has 0 radical (unpaired) electrons. The zero-order valence-corrected chi connectivity index (χ0v) is 16.1. The van der Waals surface area contributed by atoms with E-state index in [0.29, 0.717) is 5.92 Å². The summed E-state index contributed by atoms with van der Waals surface area (Å²) in [4.78, 5) is 24.3. The van der Waals surface area contributed by atoms with Crippen molar-refractivity contribution in [2.75, 3.05) is 24.5 Å². The van der Waals surface area contributed by atoms with E-state index in [9.17, 15) is 0 Å². The normalized spacial score (nSPS) is 20.2. The van der Waals surface area contributed by atoms with Crippen LogP contribution in [0.2, 0.25) is 0 Å². The highest BCUT2D eigenvalue weighted by molar-refractivity contribution is 5.50. The topological polar surface area (TPSA) is 82.6 Å². The largest absolute Gasteiger partial charge is 0.348 e. The van der Waals surface area contributed by atoms with Crippen molar-refractivity contribution in [2.24, 2.45) is 0 Å². The number of hydrogen-bond acceptors (Lipinski definition) is 6. The van der Waals surface area contributed by atoms with Crippen LogP contribution in [0.1, 0.15) is 53.3 Å². The van der Waals surface area contributed by atoms with Crippen molar-refractivity contribution in [3.05, 3.63) is 65.4 Å². The quantitative estimate of drug-likeness (QED) is 0.732. The second-order valence-corrected chi connectivity index (χ2v) is 7.62. The first-order chi connectivity index (χ1) is 13.8. The molecule has 7 heteroatoms. The molecule has 0 spiro atoms. The number of imidazole rings is 1. The number of fused-ring (bicyclic) bond motifs is 1. The van der Waals surface area contributed by atoms with Crippen LogP contribution >= 0.6 is 0 Å². The van der Waals surface area contributed by atoms with Gasteiger partial charge in [0.15, 0.2) is 0 Å². The molecule has 2 N–H and O–H groups in total. The number of aromatic amines is 1. The summed E-state index contributed by atoms with van der Waals surface area (Å²) in [5.74, 6) is 2.33. The van der Waals surface area contributed by atoms with Gasteiger partial charge in [-0.3, -0.25) is 4.98 Å². The highest BCUT2D eigenvalue weighted by atomic mass is 15.2. The molecule has 2 aliphatic rings. The van der Waals surface area contributed by atoms with E-state index in [4.69, 9.17) is 9.97 Å². The average molecular weight is 375 g/mol. The van der Waals surface area contributed by atoms with Crippen LogP contribution in [-0.4, -0.2) is 44.6 Å². The van der Waals surface area contributed by atoms with E-state index in [1.807, 2.05) is 25.4 Å². The summed E-state index contributed by atoms with van der Waals surface area (Å²) in [6, 6.07) is 6.32. The van der Waals surface area contributed by atoms with E-state index in [1.165, 1.54) is 11.4 Å². The zero-order chi connectivity index (χ0) is 18.9. The summed E-state index contributed by atoms with van der Waals surface area (Å²) >= 11 is 0. The maximum Gasteiger partial charge on any atom is 0.133 e. The second-order valence-electron chi connectivity index (χ2n) is 7.62. The number of anilines is 1. The molecule has 28 heavy (non-hydrogen) atoms. The molecule has 1 atom stereocenters. The average Bonchev–Trinajstić information content (AvgIpc) is 3.23. The number of aromatic nitrogens is 5. The molecule has 3 aromatic heterocycles. The minimum Gasteiger partial charge on any atom is -0.348 e. The molecule has 7 nitrogen and oxygen atoms in total. The summed E-state index contributed by atoms with van der Waals surface area (Å²) < 4.78 is 0. The standard InChI is InChI=1S/C21H25N7/c1-14-26-18(15-4-8-22-9-5-15)11-19(27-14)28-10-6-17-20(25-13-24-17)21(28)16-3-2-7-23-12-16/h2-3,7,11-13,15,21-22H,4-6,8-10H2,1H3,(H,24,25)/t21-/m1/s1. The van der Waals surface area contributed by atoms with Gasteiger partial charge in [-0.25, -0.2) is 15.0 Å². The molecule has 0 bridgehead atoms. The van der Waals surface area contributed by atoms with Crippen LogP contribution in [0.5, 0.6) is 0 Å². The van der Waals surface area contributed by atoms with Gasteiger partial charge in [0, 0.05) is 48.7 Å². The maximum atomic E-state index is 4.83. The Hall–Kier alpha value is -2.80. The van der Waals surface area contributed by atoms with E-state index in [1.54, 1.807) is 6.33 Å². The van der Waals surface area contributed by atoms with Crippen LogP contribution in [0.25, 0.3) is 0 Å². The number of H-pyrrole nitrogens is 1. The number of aryl methyl sites for hydroxylation is 1. The van der Waals surface area contributed by atoms with Crippen molar-refractivity contribution in [3.8, 4) is 0 Å².